The van der Waals surface area contributed by atoms with Crippen LogP contribution in [0.3, 0.4) is 0 Å². The summed E-state index contributed by atoms with van der Waals surface area (Å²) in [7, 11) is 4.29. The molecule has 2 atom stereocenters. The molecule has 0 amide bonds. The van der Waals surface area contributed by atoms with Gasteiger partial charge in [0.05, 0.1) is 0 Å². The van der Waals surface area contributed by atoms with Crippen LogP contribution in [0.2, 0.25) is 0 Å². The molecule has 0 saturated carbocycles. The third-order valence-electron chi connectivity index (χ3n) is 3.47. The predicted octanol–water partition coefficient (Wildman–Crippen LogP) is 2.04. The fourth-order valence-electron chi connectivity index (χ4n) is 2.10. The minimum absolute atomic E-state index is 0.578. The summed E-state index contributed by atoms with van der Waals surface area (Å²) in [6.45, 7) is 13.8. The number of nitrogens with zero attached hydrogens (tertiary/aromatic N) is 2. The molecule has 0 fully saturated rings. The van der Waals surface area contributed by atoms with Crippen molar-refractivity contribution in [1.29, 1.82) is 0 Å². The lowest BCUT2D eigenvalue weighted by atomic mass is 10.1. The molecule has 3 heteroatoms. The Morgan fingerprint density at radius 1 is 1.06 bits per heavy atom. The van der Waals surface area contributed by atoms with Gasteiger partial charge in [0.25, 0.3) is 0 Å². The number of hydrogen-bond donors (Lipinski definition) is 1. The number of likely N-dealkylation sites (N-methyl/N-ethyl adjacent to an activating group) is 1. The normalized spacial score (nSPS) is 15.5. The van der Waals surface area contributed by atoms with Crippen LogP contribution in [0.15, 0.2) is 0 Å². The average Bonchev–Trinajstić information content (AvgIpc) is 2.30. The van der Waals surface area contributed by atoms with Crippen molar-refractivity contribution in [1.82, 2.24) is 15.1 Å². The fourth-order valence-corrected chi connectivity index (χ4v) is 2.10. The molecule has 104 valence electrons. The van der Waals surface area contributed by atoms with Crippen molar-refractivity contribution in [2.24, 2.45) is 0 Å². The third-order valence-corrected chi connectivity index (χ3v) is 3.47. The topological polar surface area (TPSA) is 18.5 Å². The number of hydrogen-bond acceptors (Lipinski definition) is 3. The van der Waals surface area contributed by atoms with Gasteiger partial charge in [-0.25, -0.2) is 0 Å². The Hall–Kier alpha value is -0.120. The largest absolute Gasteiger partial charge is 0.313 e. The zero-order valence-corrected chi connectivity index (χ0v) is 12.8. The second-order valence-electron chi connectivity index (χ2n) is 5.27. The van der Waals surface area contributed by atoms with Crippen LogP contribution in [-0.2, 0) is 0 Å². The summed E-state index contributed by atoms with van der Waals surface area (Å²) in [4.78, 5) is 4.84. The molecule has 0 rings (SSSR count). The van der Waals surface area contributed by atoms with Gasteiger partial charge in [0.2, 0.25) is 0 Å². The monoisotopic (exact) mass is 243 g/mol. The van der Waals surface area contributed by atoms with Crippen molar-refractivity contribution in [2.45, 2.75) is 52.6 Å². The van der Waals surface area contributed by atoms with E-state index in [1.165, 1.54) is 25.9 Å². The van der Waals surface area contributed by atoms with Crippen LogP contribution in [0.5, 0.6) is 0 Å². The lowest BCUT2D eigenvalue weighted by Gasteiger charge is -2.33. The first-order valence-electron chi connectivity index (χ1n) is 7.15. The summed E-state index contributed by atoms with van der Waals surface area (Å²) in [5.41, 5.74) is 0. The zero-order valence-electron chi connectivity index (χ0n) is 12.8. The second-order valence-corrected chi connectivity index (χ2v) is 5.27. The first kappa shape index (κ1) is 16.9. The highest BCUT2D eigenvalue weighted by Gasteiger charge is 2.17. The Balaban J connectivity index is 3.96. The maximum atomic E-state index is 3.59. The Bertz CT molecular complexity index is 171. The summed E-state index contributed by atoms with van der Waals surface area (Å²) >= 11 is 0. The third kappa shape index (κ3) is 7.74. The van der Waals surface area contributed by atoms with Crippen LogP contribution in [0.4, 0.5) is 0 Å². The van der Waals surface area contributed by atoms with E-state index in [4.69, 9.17) is 0 Å². The molecule has 2 unspecified atom stereocenters. The van der Waals surface area contributed by atoms with E-state index < -0.39 is 0 Å². The summed E-state index contributed by atoms with van der Waals surface area (Å²) in [5.74, 6) is 0. The van der Waals surface area contributed by atoms with Crippen LogP contribution in [0.1, 0.15) is 40.5 Å². The molecular weight excluding hydrogens is 210 g/mol. The molecule has 0 saturated heterocycles. The van der Waals surface area contributed by atoms with E-state index in [-0.39, 0.29) is 0 Å². The minimum Gasteiger partial charge on any atom is -0.313 e. The Morgan fingerprint density at radius 3 is 2.18 bits per heavy atom. The average molecular weight is 243 g/mol. The van der Waals surface area contributed by atoms with Crippen LogP contribution in [0, 0.1) is 0 Å². The first-order valence-corrected chi connectivity index (χ1v) is 7.15. The first-order chi connectivity index (χ1) is 8.02. The molecule has 0 aromatic carbocycles. The lowest BCUT2D eigenvalue weighted by Crippen LogP contribution is -2.47. The molecule has 0 aliphatic carbocycles. The molecular formula is C14H33N3. The van der Waals surface area contributed by atoms with Gasteiger partial charge in [-0.1, -0.05) is 13.8 Å². The van der Waals surface area contributed by atoms with Crippen LogP contribution in [-0.4, -0.2) is 62.2 Å². The highest BCUT2D eigenvalue weighted by molar-refractivity contribution is 4.77. The molecule has 0 aromatic rings. The van der Waals surface area contributed by atoms with Gasteiger partial charge < -0.3 is 10.2 Å². The maximum absolute atomic E-state index is 3.59. The van der Waals surface area contributed by atoms with E-state index in [0.29, 0.717) is 12.1 Å². The van der Waals surface area contributed by atoms with Crippen LogP contribution in [0.25, 0.3) is 0 Å². The lowest BCUT2D eigenvalue weighted by molar-refractivity contribution is 0.175. The molecule has 17 heavy (non-hydrogen) atoms. The van der Waals surface area contributed by atoms with E-state index in [1.807, 2.05) is 0 Å². The van der Waals surface area contributed by atoms with E-state index in [0.717, 1.165) is 13.1 Å². The van der Waals surface area contributed by atoms with Crippen LogP contribution >= 0.6 is 0 Å². The van der Waals surface area contributed by atoms with Crippen molar-refractivity contribution in [3.05, 3.63) is 0 Å². The van der Waals surface area contributed by atoms with Gasteiger partial charge >= 0.3 is 0 Å². The molecule has 0 aliphatic heterocycles. The van der Waals surface area contributed by atoms with E-state index in [9.17, 15) is 0 Å². The minimum atomic E-state index is 0.578. The Kier molecular flexibility index (Phi) is 9.79. The standard InChI is InChI=1S/C14H33N3/c1-7-10-15-13(3)14(4)17(8-2)12-9-11-16(5)6/h13-15H,7-12H2,1-6H3. The summed E-state index contributed by atoms with van der Waals surface area (Å²) in [5, 5.41) is 3.59. The molecule has 0 spiro atoms. The summed E-state index contributed by atoms with van der Waals surface area (Å²) in [6.07, 6.45) is 2.47. The number of nitrogens with one attached hydrogen (secondary N) is 1. The molecule has 0 heterocycles. The van der Waals surface area contributed by atoms with Gasteiger partial charge in [0, 0.05) is 12.1 Å². The summed E-state index contributed by atoms with van der Waals surface area (Å²) in [6, 6.07) is 1.20. The van der Waals surface area contributed by atoms with Crippen molar-refractivity contribution in [2.75, 3.05) is 40.3 Å². The molecule has 3 nitrogen and oxygen atoms in total. The fraction of sp³-hybridized carbons (Fsp3) is 1.00. The van der Waals surface area contributed by atoms with Gasteiger partial charge in [-0.3, -0.25) is 4.90 Å². The zero-order chi connectivity index (χ0) is 13.3. The van der Waals surface area contributed by atoms with Crippen molar-refractivity contribution in [3.63, 3.8) is 0 Å². The van der Waals surface area contributed by atoms with E-state index in [1.54, 1.807) is 0 Å². The quantitative estimate of drug-likeness (QED) is 0.633. The van der Waals surface area contributed by atoms with Crippen molar-refractivity contribution in [3.8, 4) is 0 Å². The highest BCUT2D eigenvalue weighted by Crippen LogP contribution is 2.05. The van der Waals surface area contributed by atoms with E-state index in [2.05, 4.69) is 56.9 Å². The van der Waals surface area contributed by atoms with Crippen molar-refractivity contribution >= 4 is 0 Å². The molecule has 0 aliphatic rings. The molecule has 1 N–H and O–H groups in total. The number of rotatable bonds is 10. The maximum Gasteiger partial charge on any atom is 0.0218 e. The SMILES string of the molecule is CCCNC(C)C(C)N(CC)CCCN(C)C. The van der Waals surface area contributed by atoms with E-state index >= 15 is 0 Å². The Morgan fingerprint density at radius 2 is 1.71 bits per heavy atom. The predicted molar refractivity (Wildman–Crippen MR) is 77.6 cm³/mol. The Labute approximate surface area is 109 Å². The van der Waals surface area contributed by atoms with Gasteiger partial charge in [-0.15, -0.1) is 0 Å². The molecule has 0 bridgehead atoms. The smallest absolute Gasteiger partial charge is 0.0218 e. The second kappa shape index (κ2) is 9.86. The highest BCUT2D eigenvalue weighted by atomic mass is 15.2. The van der Waals surface area contributed by atoms with Gasteiger partial charge in [0.1, 0.15) is 0 Å². The van der Waals surface area contributed by atoms with Crippen molar-refractivity contribution < 1.29 is 0 Å². The molecule has 0 radical (unpaired) electrons. The van der Waals surface area contributed by atoms with Crippen LogP contribution < -0.4 is 5.32 Å². The van der Waals surface area contributed by atoms with Gasteiger partial charge in [-0.05, 0) is 67.0 Å². The molecule has 0 aromatic heterocycles. The van der Waals surface area contributed by atoms with Gasteiger partial charge in [-0.2, -0.15) is 0 Å². The van der Waals surface area contributed by atoms with Gasteiger partial charge in [0.15, 0.2) is 0 Å². The summed E-state index contributed by atoms with van der Waals surface area (Å²) < 4.78 is 0.